The maximum absolute atomic E-state index is 11.5. The molecule has 8 nitrogen and oxygen atoms in total. The number of hydrogen-bond acceptors (Lipinski definition) is 7. The molecule has 0 saturated carbocycles. The first kappa shape index (κ1) is 19.3. The molecule has 0 radical (unpaired) electrons. The Kier molecular flexibility index (Phi) is 5.45. The average Bonchev–Trinajstić information content (AvgIpc) is 2.95. The van der Waals surface area contributed by atoms with Crippen molar-refractivity contribution in [2.75, 3.05) is 11.9 Å². The van der Waals surface area contributed by atoms with E-state index in [-0.39, 0.29) is 16.0 Å². The van der Waals surface area contributed by atoms with Crippen LogP contribution in [-0.2, 0) is 21.9 Å². The summed E-state index contributed by atoms with van der Waals surface area (Å²) in [5.41, 5.74) is 0.891. The Balaban J connectivity index is 2.11. The van der Waals surface area contributed by atoms with E-state index in [1.165, 1.54) is 12.1 Å². The number of nitrogens with one attached hydrogen (secondary N) is 1. The monoisotopic (exact) mass is 384 g/mol. The molecule has 0 aliphatic heterocycles. The number of thiazole rings is 1. The number of rotatable bonds is 6. The van der Waals surface area contributed by atoms with Gasteiger partial charge in [-0.1, -0.05) is 20.8 Å². The van der Waals surface area contributed by atoms with Crippen LogP contribution < -0.4 is 10.5 Å². The Morgan fingerprint density at radius 1 is 1.32 bits per heavy atom. The van der Waals surface area contributed by atoms with Crippen LogP contribution in [0.5, 0.6) is 0 Å². The summed E-state index contributed by atoms with van der Waals surface area (Å²) in [4.78, 5) is 14.6. The normalized spacial score (nSPS) is 12.2. The van der Waals surface area contributed by atoms with Gasteiger partial charge in [0.1, 0.15) is 0 Å². The first-order valence-electron chi connectivity index (χ1n) is 7.48. The van der Waals surface area contributed by atoms with Gasteiger partial charge in [-0.3, -0.25) is 10.1 Å². The molecule has 1 aromatic heterocycles. The van der Waals surface area contributed by atoms with Crippen molar-refractivity contribution in [3.8, 4) is 0 Å². The summed E-state index contributed by atoms with van der Waals surface area (Å²) in [6.45, 7) is 6.72. The van der Waals surface area contributed by atoms with Gasteiger partial charge in [0.2, 0.25) is 10.0 Å². The number of non-ortho nitro benzene ring substituents is 1. The molecule has 1 aromatic carbocycles. The van der Waals surface area contributed by atoms with Crippen molar-refractivity contribution in [1.29, 1.82) is 0 Å². The van der Waals surface area contributed by atoms with Crippen molar-refractivity contribution < 1.29 is 13.3 Å². The fourth-order valence-electron chi connectivity index (χ4n) is 2.06. The number of benzene rings is 1. The number of primary sulfonamides is 1. The van der Waals surface area contributed by atoms with Crippen molar-refractivity contribution in [3.05, 3.63) is 44.4 Å². The lowest BCUT2D eigenvalue weighted by molar-refractivity contribution is -0.385. The van der Waals surface area contributed by atoms with Gasteiger partial charge in [0.25, 0.3) is 5.69 Å². The van der Waals surface area contributed by atoms with Gasteiger partial charge < -0.3 is 5.32 Å². The molecule has 0 aliphatic carbocycles. The zero-order valence-electron chi connectivity index (χ0n) is 14.1. The molecule has 0 spiro atoms. The third-order valence-electron chi connectivity index (χ3n) is 3.33. The minimum Gasteiger partial charge on any atom is -0.384 e. The van der Waals surface area contributed by atoms with Crippen molar-refractivity contribution in [2.24, 2.45) is 5.14 Å². The van der Waals surface area contributed by atoms with Gasteiger partial charge in [0.05, 0.1) is 20.5 Å². The van der Waals surface area contributed by atoms with E-state index in [2.05, 4.69) is 31.1 Å². The quantitative estimate of drug-likeness (QED) is 0.582. The largest absolute Gasteiger partial charge is 0.384 e. The first-order valence-corrected chi connectivity index (χ1v) is 9.90. The van der Waals surface area contributed by atoms with Gasteiger partial charge in [-0.25, -0.2) is 18.5 Å². The number of nitrogens with two attached hydrogens (primary N) is 1. The molecular weight excluding hydrogens is 364 g/mol. The highest BCUT2D eigenvalue weighted by atomic mass is 32.2. The second-order valence-electron chi connectivity index (χ2n) is 6.59. The van der Waals surface area contributed by atoms with E-state index < -0.39 is 14.9 Å². The van der Waals surface area contributed by atoms with Crippen LogP contribution in [0.25, 0.3) is 0 Å². The lowest BCUT2D eigenvalue weighted by Crippen LogP contribution is -2.14. The maximum Gasteiger partial charge on any atom is 0.272 e. The minimum atomic E-state index is -4.03. The van der Waals surface area contributed by atoms with Gasteiger partial charge in [0, 0.05) is 41.6 Å². The summed E-state index contributed by atoms with van der Waals surface area (Å²) in [5, 5.41) is 22.0. The highest BCUT2D eigenvalue weighted by Crippen LogP contribution is 2.26. The molecule has 0 saturated heterocycles. The van der Waals surface area contributed by atoms with Crippen LogP contribution in [0.4, 0.5) is 11.4 Å². The second kappa shape index (κ2) is 7.06. The molecule has 25 heavy (non-hydrogen) atoms. The number of nitrogens with zero attached hydrogens (tertiary/aromatic N) is 2. The zero-order valence-corrected chi connectivity index (χ0v) is 15.8. The van der Waals surface area contributed by atoms with Crippen molar-refractivity contribution in [3.63, 3.8) is 0 Å². The highest BCUT2D eigenvalue weighted by Gasteiger charge is 2.18. The van der Waals surface area contributed by atoms with Crippen LogP contribution in [0.2, 0.25) is 0 Å². The molecule has 0 unspecified atom stereocenters. The molecule has 136 valence electrons. The number of hydrogen-bond donors (Lipinski definition) is 2. The Morgan fingerprint density at radius 2 is 2.00 bits per heavy atom. The standard InChI is InChI=1S/C15H20N4O4S2/c1-15(2,3)14-18-10(9-24-14)4-5-17-11-6-12(19(20)21)8-13(7-11)25(16,22)23/h6-9,17H,4-5H2,1-3H3,(H2,16,22,23). The van der Waals surface area contributed by atoms with Gasteiger partial charge >= 0.3 is 0 Å². The van der Waals surface area contributed by atoms with Gasteiger partial charge in [0.15, 0.2) is 0 Å². The fraction of sp³-hybridized carbons (Fsp3) is 0.400. The number of nitro benzene ring substituents is 1. The van der Waals surface area contributed by atoms with E-state index in [1.807, 2.05) is 5.38 Å². The Labute approximate surface area is 150 Å². The zero-order chi connectivity index (χ0) is 18.8. The Morgan fingerprint density at radius 3 is 2.52 bits per heavy atom. The summed E-state index contributed by atoms with van der Waals surface area (Å²) in [6, 6.07) is 3.50. The lowest BCUT2D eigenvalue weighted by atomic mass is 9.98. The van der Waals surface area contributed by atoms with Crippen LogP contribution in [-0.4, -0.2) is 24.9 Å². The van der Waals surface area contributed by atoms with Crippen LogP contribution in [0.1, 0.15) is 31.5 Å². The molecule has 2 aromatic rings. The molecular formula is C15H20N4O4S2. The molecule has 3 N–H and O–H groups in total. The van der Waals surface area contributed by atoms with E-state index in [4.69, 9.17) is 5.14 Å². The van der Waals surface area contributed by atoms with Gasteiger partial charge in [-0.05, 0) is 6.07 Å². The topological polar surface area (TPSA) is 128 Å². The Bertz CT molecular complexity index is 885. The predicted molar refractivity (Wildman–Crippen MR) is 97.5 cm³/mol. The summed E-state index contributed by atoms with van der Waals surface area (Å²) >= 11 is 1.59. The van der Waals surface area contributed by atoms with Crippen LogP contribution >= 0.6 is 11.3 Å². The van der Waals surface area contributed by atoms with E-state index in [1.54, 1.807) is 11.3 Å². The van der Waals surface area contributed by atoms with Crippen LogP contribution in [0, 0.1) is 10.1 Å². The SMILES string of the molecule is CC(C)(C)c1nc(CCNc2cc([N+](=O)[O-])cc(S(N)(=O)=O)c2)cs1. The molecule has 0 aliphatic rings. The van der Waals surface area contributed by atoms with Crippen molar-refractivity contribution in [2.45, 2.75) is 37.5 Å². The molecule has 1 heterocycles. The van der Waals surface area contributed by atoms with E-state index in [0.717, 1.165) is 16.8 Å². The maximum atomic E-state index is 11.5. The van der Waals surface area contributed by atoms with Gasteiger partial charge in [-0.2, -0.15) is 0 Å². The smallest absolute Gasteiger partial charge is 0.272 e. The molecule has 2 rings (SSSR count). The van der Waals surface area contributed by atoms with Crippen LogP contribution in [0.3, 0.4) is 0 Å². The number of nitro groups is 1. The third-order valence-corrected chi connectivity index (χ3v) is 5.54. The summed E-state index contributed by atoms with van der Waals surface area (Å²) in [6.07, 6.45) is 0.611. The Hall–Kier alpha value is -2.04. The van der Waals surface area contributed by atoms with E-state index >= 15 is 0 Å². The highest BCUT2D eigenvalue weighted by molar-refractivity contribution is 7.89. The predicted octanol–water partition coefficient (Wildman–Crippen LogP) is 2.65. The fourth-order valence-corrected chi connectivity index (χ4v) is 3.57. The number of anilines is 1. The van der Waals surface area contributed by atoms with Gasteiger partial charge in [-0.15, -0.1) is 11.3 Å². The second-order valence-corrected chi connectivity index (χ2v) is 9.01. The minimum absolute atomic E-state index is 0.0131. The lowest BCUT2D eigenvalue weighted by Gasteiger charge is -2.13. The third kappa shape index (κ3) is 5.21. The van der Waals surface area contributed by atoms with E-state index in [0.29, 0.717) is 18.7 Å². The number of sulfonamides is 1. The molecule has 0 atom stereocenters. The van der Waals surface area contributed by atoms with E-state index in [9.17, 15) is 18.5 Å². The average molecular weight is 384 g/mol. The van der Waals surface area contributed by atoms with Crippen molar-refractivity contribution in [1.82, 2.24) is 4.98 Å². The molecule has 0 amide bonds. The molecule has 0 bridgehead atoms. The number of aromatic nitrogens is 1. The van der Waals surface area contributed by atoms with Crippen LogP contribution in [0.15, 0.2) is 28.5 Å². The summed E-state index contributed by atoms with van der Waals surface area (Å²) in [5.74, 6) is 0. The molecule has 10 heteroatoms. The first-order chi connectivity index (χ1) is 11.5. The van der Waals surface area contributed by atoms with Crippen molar-refractivity contribution >= 4 is 32.7 Å². The molecule has 0 fully saturated rings. The summed E-state index contributed by atoms with van der Waals surface area (Å²) < 4.78 is 22.9. The summed E-state index contributed by atoms with van der Waals surface area (Å²) in [7, 11) is -4.03.